The second-order valence-corrected chi connectivity index (χ2v) is 3.31. The van der Waals surface area contributed by atoms with Crippen molar-refractivity contribution in [2.24, 2.45) is 0 Å². The van der Waals surface area contributed by atoms with E-state index in [9.17, 15) is 9.50 Å². The minimum atomic E-state index is -1.07. The van der Waals surface area contributed by atoms with Crippen LogP contribution in [0.5, 0.6) is 5.75 Å². The van der Waals surface area contributed by atoms with E-state index in [2.05, 4.69) is 0 Å². The molecule has 0 saturated heterocycles. The zero-order valence-electron chi connectivity index (χ0n) is 8.77. The van der Waals surface area contributed by atoms with Crippen molar-refractivity contribution < 1.29 is 19.3 Å². The van der Waals surface area contributed by atoms with Gasteiger partial charge in [-0.1, -0.05) is 6.07 Å². The van der Waals surface area contributed by atoms with Gasteiger partial charge in [-0.05, 0) is 31.5 Å². The molecule has 3 nitrogen and oxygen atoms in total. The molecule has 0 spiro atoms. The average molecular weight is 214 g/mol. The molecule has 4 heteroatoms. The maximum absolute atomic E-state index is 13.3. The van der Waals surface area contributed by atoms with Crippen LogP contribution in [0.15, 0.2) is 18.2 Å². The fraction of sp³-hybridized carbons (Fsp3) is 0.455. The highest BCUT2D eigenvalue weighted by molar-refractivity contribution is 5.30. The molecule has 0 bridgehead atoms. The Hall–Kier alpha value is -1.13. The van der Waals surface area contributed by atoms with Crippen LogP contribution >= 0.6 is 0 Å². The molecule has 0 saturated carbocycles. The number of halogens is 1. The average Bonchev–Trinajstić information content (AvgIpc) is 2.20. The third-order valence-electron chi connectivity index (χ3n) is 2.05. The minimum absolute atomic E-state index is 0.152. The lowest BCUT2D eigenvalue weighted by molar-refractivity contribution is 0.0303. The molecule has 0 fully saturated rings. The molecule has 1 rings (SSSR count). The largest absolute Gasteiger partial charge is 0.491 e. The van der Waals surface area contributed by atoms with Gasteiger partial charge in [-0.15, -0.1) is 0 Å². The summed E-state index contributed by atoms with van der Waals surface area (Å²) in [7, 11) is 0. The molecule has 15 heavy (non-hydrogen) atoms. The summed E-state index contributed by atoms with van der Waals surface area (Å²) >= 11 is 0. The van der Waals surface area contributed by atoms with Crippen LogP contribution in [0.4, 0.5) is 4.39 Å². The van der Waals surface area contributed by atoms with E-state index in [0.717, 1.165) is 0 Å². The van der Waals surface area contributed by atoms with E-state index in [1.54, 1.807) is 6.92 Å². The van der Waals surface area contributed by atoms with Crippen molar-refractivity contribution in [3.63, 3.8) is 0 Å². The maximum atomic E-state index is 13.3. The second kappa shape index (κ2) is 5.09. The van der Waals surface area contributed by atoms with Crippen molar-refractivity contribution in [3.05, 3.63) is 29.6 Å². The van der Waals surface area contributed by atoms with Gasteiger partial charge < -0.3 is 14.9 Å². The van der Waals surface area contributed by atoms with Crippen LogP contribution < -0.4 is 4.74 Å². The highest BCUT2D eigenvalue weighted by Crippen LogP contribution is 2.23. The number of ether oxygens (including phenoxy) is 1. The SMILES string of the molecule is CCOc1ccc(C(O)C(C)O)cc1F. The summed E-state index contributed by atoms with van der Waals surface area (Å²) in [4.78, 5) is 0. The van der Waals surface area contributed by atoms with Crippen molar-refractivity contribution in [1.82, 2.24) is 0 Å². The Balaban J connectivity index is 2.90. The molecule has 84 valence electrons. The van der Waals surface area contributed by atoms with E-state index in [-0.39, 0.29) is 5.75 Å². The molecule has 0 amide bonds. The number of benzene rings is 1. The molecular formula is C11H15FO3. The van der Waals surface area contributed by atoms with Crippen LogP contribution in [0.2, 0.25) is 0 Å². The zero-order chi connectivity index (χ0) is 11.4. The maximum Gasteiger partial charge on any atom is 0.165 e. The van der Waals surface area contributed by atoms with E-state index < -0.39 is 18.0 Å². The van der Waals surface area contributed by atoms with Crippen molar-refractivity contribution in [2.75, 3.05) is 6.61 Å². The summed E-state index contributed by atoms with van der Waals surface area (Å²) in [6.45, 7) is 3.59. The fourth-order valence-electron chi connectivity index (χ4n) is 1.25. The molecular weight excluding hydrogens is 199 g/mol. The summed E-state index contributed by atoms with van der Waals surface area (Å²) in [5.74, 6) is -0.381. The quantitative estimate of drug-likeness (QED) is 0.801. The van der Waals surface area contributed by atoms with Gasteiger partial charge in [-0.25, -0.2) is 4.39 Å². The van der Waals surface area contributed by atoms with Gasteiger partial charge in [0, 0.05) is 0 Å². The molecule has 1 aromatic carbocycles. The monoisotopic (exact) mass is 214 g/mol. The van der Waals surface area contributed by atoms with Crippen LogP contribution in [0.25, 0.3) is 0 Å². The van der Waals surface area contributed by atoms with Crippen molar-refractivity contribution >= 4 is 0 Å². The number of rotatable bonds is 4. The highest BCUT2D eigenvalue weighted by atomic mass is 19.1. The molecule has 0 heterocycles. The normalized spacial score (nSPS) is 14.7. The Morgan fingerprint density at radius 3 is 2.53 bits per heavy atom. The third kappa shape index (κ3) is 2.91. The summed E-state index contributed by atoms with van der Waals surface area (Å²) < 4.78 is 18.4. The first-order valence-corrected chi connectivity index (χ1v) is 4.84. The predicted molar refractivity (Wildman–Crippen MR) is 54.2 cm³/mol. The standard InChI is InChI=1S/C11H15FO3/c1-3-15-10-5-4-8(6-9(10)12)11(14)7(2)13/h4-7,11,13-14H,3H2,1-2H3. The van der Waals surface area contributed by atoms with Crippen LogP contribution in [-0.4, -0.2) is 22.9 Å². The molecule has 0 aliphatic carbocycles. The van der Waals surface area contributed by atoms with E-state index in [0.29, 0.717) is 12.2 Å². The Morgan fingerprint density at radius 2 is 2.07 bits per heavy atom. The first-order valence-electron chi connectivity index (χ1n) is 4.84. The summed E-state index contributed by atoms with van der Waals surface area (Å²) in [5, 5.41) is 18.6. The van der Waals surface area contributed by atoms with E-state index in [4.69, 9.17) is 9.84 Å². The lowest BCUT2D eigenvalue weighted by atomic mass is 10.1. The number of hydrogen-bond donors (Lipinski definition) is 2. The Kier molecular flexibility index (Phi) is 4.05. The molecule has 2 N–H and O–H groups in total. The van der Waals surface area contributed by atoms with E-state index in [1.165, 1.54) is 25.1 Å². The summed E-state index contributed by atoms with van der Waals surface area (Å²) in [6, 6.07) is 4.15. The van der Waals surface area contributed by atoms with Gasteiger partial charge in [0.2, 0.25) is 0 Å². The Labute approximate surface area is 88.1 Å². The smallest absolute Gasteiger partial charge is 0.165 e. The predicted octanol–water partition coefficient (Wildman–Crippen LogP) is 1.64. The first kappa shape index (κ1) is 11.9. The molecule has 2 atom stereocenters. The zero-order valence-corrected chi connectivity index (χ0v) is 8.77. The van der Waals surface area contributed by atoms with E-state index >= 15 is 0 Å². The minimum Gasteiger partial charge on any atom is -0.491 e. The number of hydrogen-bond acceptors (Lipinski definition) is 3. The fourth-order valence-corrected chi connectivity index (χ4v) is 1.25. The van der Waals surface area contributed by atoms with Gasteiger partial charge in [0.25, 0.3) is 0 Å². The molecule has 0 aliphatic rings. The van der Waals surface area contributed by atoms with Gasteiger partial charge in [-0.2, -0.15) is 0 Å². The van der Waals surface area contributed by atoms with Gasteiger partial charge in [0.15, 0.2) is 11.6 Å². The number of aliphatic hydroxyl groups is 2. The highest BCUT2D eigenvalue weighted by Gasteiger charge is 2.15. The molecule has 2 unspecified atom stereocenters. The Bertz CT molecular complexity index is 326. The first-order chi connectivity index (χ1) is 7.06. The van der Waals surface area contributed by atoms with Crippen LogP contribution in [0, 0.1) is 5.82 Å². The van der Waals surface area contributed by atoms with Gasteiger partial charge >= 0.3 is 0 Å². The van der Waals surface area contributed by atoms with Crippen molar-refractivity contribution in [2.45, 2.75) is 26.1 Å². The van der Waals surface area contributed by atoms with Crippen LogP contribution in [-0.2, 0) is 0 Å². The lowest BCUT2D eigenvalue weighted by Gasteiger charge is -2.14. The van der Waals surface area contributed by atoms with Gasteiger partial charge in [0.1, 0.15) is 6.10 Å². The summed E-state index contributed by atoms with van der Waals surface area (Å²) in [5.41, 5.74) is 0.339. The summed E-state index contributed by atoms with van der Waals surface area (Å²) in [6.07, 6.45) is -2.00. The molecule has 1 aromatic rings. The molecule has 0 aliphatic heterocycles. The van der Waals surface area contributed by atoms with Crippen LogP contribution in [0.3, 0.4) is 0 Å². The Morgan fingerprint density at radius 1 is 1.40 bits per heavy atom. The second-order valence-electron chi connectivity index (χ2n) is 3.31. The van der Waals surface area contributed by atoms with Gasteiger partial charge in [-0.3, -0.25) is 0 Å². The number of aliphatic hydroxyl groups excluding tert-OH is 2. The molecule has 0 aromatic heterocycles. The van der Waals surface area contributed by atoms with Gasteiger partial charge in [0.05, 0.1) is 12.7 Å². The van der Waals surface area contributed by atoms with Crippen molar-refractivity contribution in [3.8, 4) is 5.75 Å². The molecule has 0 radical (unpaired) electrons. The topological polar surface area (TPSA) is 49.7 Å². The van der Waals surface area contributed by atoms with E-state index in [1.807, 2.05) is 0 Å². The van der Waals surface area contributed by atoms with Crippen LogP contribution in [0.1, 0.15) is 25.5 Å². The third-order valence-corrected chi connectivity index (χ3v) is 2.05. The van der Waals surface area contributed by atoms with Crippen molar-refractivity contribution in [1.29, 1.82) is 0 Å². The lowest BCUT2D eigenvalue weighted by Crippen LogP contribution is -2.14.